The molecule has 0 saturated carbocycles. The molecule has 4 N–H and O–H groups in total. The highest BCUT2D eigenvalue weighted by molar-refractivity contribution is 7.99. The van der Waals surface area contributed by atoms with E-state index in [1.165, 1.54) is 35.4 Å². The average Bonchev–Trinajstić information content (AvgIpc) is 2.67. The van der Waals surface area contributed by atoms with E-state index < -0.39 is 36.5 Å². The second-order valence-corrected chi connectivity index (χ2v) is 8.91. The number of thioether (sulfide) groups is 1. The number of aliphatic carboxylic acids is 1. The van der Waals surface area contributed by atoms with Crippen molar-refractivity contribution in [2.24, 2.45) is 0 Å². The van der Waals surface area contributed by atoms with Gasteiger partial charge in [-0.05, 0) is 53.4 Å². The maximum atomic E-state index is 12.1. The van der Waals surface area contributed by atoms with E-state index in [0.29, 0.717) is 5.75 Å². The van der Waals surface area contributed by atoms with Gasteiger partial charge in [-0.15, -0.1) is 0 Å². The van der Waals surface area contributed by atoms with Gasteiger partial charge in [-0.25, -0.2) is 4.79 Å². The molecule has 0 heterocycles. The van der Waals surface area contributed by atoms with E-state index in [2.05, 4.69) is 56.6 Å². The van der Waals surface area contributed by atoms with E-state index in [0.717, 1.165) is 25.7 Å². The van der Waals surface area contributed by atoms with Crippen LogP contribution < -0.4 is 10.6 Å². The number of nitrogens with one attached hydrogen (secondary N) is 2. The summed E-state index contributed by atoms with van der Waals surface area (Å²) in [4.78, 5) is 34.5. The minimum atomic E-state index is -1.16. The molecule has 0 saturated heterocycles. The molecule has 0 aromatic rings. The minimum Gasteiger partial charge on any atom is -0.480 e. The third-order valence-electron chi connectivity index (χ3n) is 4.45. The molecule has 0 rings (SSSR count). The van der Waals surface area contributed by atoms with E-state index in [1.807, 2.05) is 0 Å². The Morgan fingerprint density at radius 1 is 0.871 bits per heavy atom. The summed E-state index contributed by atoms with van der Waals surface area (Å²) in [6.07, 6.45) is 10.7. The highest BCUT2D eigenvalue weighted by Crippen LogP contribution is 2.13. The number of rotatable bonds is 15. The molecule has 0 unspecified atom stereocenters. The van der Waals surface area contributed by atoms with Gasteiger partial charge < -0.3 is 20.8 Å². The zero-order valence-electron chi connectivity index (χ0n) is 19.4. The van der Waals surface area contributed by atoms with Crippen molar-refractivity contribution < 1.29 is 24.6 Å². The van der Waals surface area contributed by atoms with E-state index in [-0.39, 0.29) is 5.75 Å². The number of amides is 2. The molecule has 0 aromatic carbocycles. The number of hydrogen-bond donors (Lipinski definition) is 4. The molecule has 0 aromatic heterocycles. The van der Waals surface area contributed by atoms with Gasteiger partial charge in [0.25, 0.3) is 0 Å². The number of carbonyl (C=O) groups excluding carboxylic acids is 2. The Bertz CT molecular complexity index is 681. The molecule has 176 valence electrons. The number of carbonyl (C=O) groups is 3. The molecule has 0 radical (unpaired) electrons. The lowest BCUT2D eigenvalue weighted by atomic mass is 10.1. The smallest absolute Gasteiger partial charge is 0.327 e. The molecular weight excluding hydrogens is 416 g/mol. The molecule has 0 bridgehead atoms. The predicted molar refractivity (Wildman–Crippen MR) is 127 cm³/mol. The van der Waals surface area contributed by atoms with Crippen LogP contribution in [0.1, 0.15) is 60.3 Å². The molecule has 7 nitrogen and oxygen atoms in total. The normalized spacial score (nSPS) is 13.9. The van der Waals surface area contributed by atoms with Crippen LogP contribution in [0, 0.1) is 0 Å². The van der Waals surface area contributed by atoms with Crippen LogP contribution in [0.2, 0.25) is 0 Å². The highest BCUT2D eigenvalue weighted by Gasteiger charge is 2.25. The van der Waals surface area contributed by atoms with Crippen LogP contribution in [-0.2, 0) is 14.4 Å². The fourth-order valence-corrected chi connectivity index (χ4v) is 3.61. The van der Waals surface area contributed by atoms with Crippen molar-refractivity contribution in [1.82, 2.24) is 10.6 Å². The minimum absolute atomic E-state index is 0.187. The van der Waals surface area contributed by atoms with Crippen molar-refractivity contribution in [3.63, 3.8) is 0 Å². The topological polar surface area (TPSA) is 116 Å². The molecule has 0 aliphatic carbocycles. The Morgan fingerprint density at radius 2 is 1.45 bits per heavy atom. The highest BCUT2D eigenvalue weighted by atomic mass is 32.2. The quantitative estimate of drug-likeness (QED) is 0.223. The first kappa shape index (κ1) is 28.9. The van der Waals surface area contributed by atoms with Gasteiger partial charge in [-0.3, -0.25) is 9.59 Å². The van der Waals surface area contributed by atoms with Crippen LogP contribution in [0.25, 0.3) is 0 Å². The largest absolute Gasteiger partial charge is 0.480 e. The maximum Gasteiger partial charge on any atom is 0.327 e. The van der Waals surface area contributed by atoms with Gasteiger partial charge in [0.2, 0.25) is 11.8 Å². The lowest BCUT2D eigenvalue weighted by molar-refractivity contribution is -0.141. The number of hydrogen-bond acceptors (Lipinski definition) is 5. The Labute approximate surface area is 190 Å². The lowest BCUT2D eigenvalue weighted by Crippen LogP contribution is -2.53. The summed E-state index contributed by atoms with van der Waals surface area (Å²) in [5.41, 5.74) is 3.97. The van der Waals surface area contributed by atoms with Gasteiger partial charge in [0.15, 0.2) is 0 Å². The van der Waals surface area contributed by atoms with Gasteiger partial charge in [0.05, 0.1) is 6.61 Å². The van der Waals surface area contributed by atoms with E-state index in [1.54, 1.807) is 0 Å². The molecule has 0 aliphatic rings. The van der Waals surface area contributed by atoms with Crippen LogP contribution in [0.5, 0.6) is 0 Å². The second kappa shape index (κ2) is 16.6. The first-order valence-corrected chi connectivity index (χ1v) is 11.7. The summed E-state index contributed by atoms with van der Waals surface area (Å²) in [7, 11) is 0. The summed E-state index contributed by atoms with van der Waals surface area (Å²) < 4.78 is 0. The van der Waals surface area contributed by atoms with E-state index >= 15 is 0 Å². The number of allylic oxidation sites excluding steroid dienone is 5. The maximum absolute atomic E-state index is 12.1. The fourth-order valence-electron chi connectivity index (χ4n) is 2.61. The molecule has 0 aliphatic heterocycles. The molecule has 2 atom stereocenters. The first-order chi connectivity index (χ1) is 14.6. The number of aliphatic hydroxyl groups excluding tert-OH is 1. The predicted octanol–water partition coefficient (Wildman–Crippen LogP) is 3.21. The zero-order chi connectivity index (χ0) is 23.8. The van der Waals surface area contributed by atoms with Crippen LogP contribution in [0.15, 0.2) is 34.9 Å². The Kier molecular flexibility index (Phi) is 15.5. The lowest BCUT2D eigenvalue weighted by Gasteiger charge is -2.19. The van der Waals surface area contributed by atoms with E-state index in [9.17, 15) is 24.6 Å². The van der Waals surface area contributed by atoms with E-state index in [4.69, 9.17) is 0 Å². The third-order valence-corrected chi connectivity index (χ3v) is 5.42. The monoisotopic (exact) mass is 454 g/mol. The van der Waals surface area contributed by atoms with Crippen LogP contribution in [-0.4, -0.2) is 58.2 Å². The number of carboxylic acid groups (broad SMARTS) is 1. The summed E-state index contributed by atoms with van der Waals surface area (Å²) >= 11 is 1.40. The number of aliphatic hydroxyl groups is 1. The Morgan fingerprint density at radius 3 is 1.97 bits per heavy atom. The SMILES string of the molecule is CC(=O)N[C@@H](CO)C(=O)N[C@@H](CSCC=C(C)CCC=C(C)CCC=C(C)C)C(=O)O. The molecule has 2 amide bonds. The summed E-state index contributed by atoms with van der Waals surface area (Å²) in [6.45, 7) is 9.04. The average molecular weight is 455 g/mol. The van der Waals surface area contributed by atoms with Crippen molar-refractivity contribution >= 4 is 29.5 Å². The van der Waals surface area contributed by atoms with Crippen molar-refractivity contribution in [2.45, 2.75) is 72.4 Å². The third kappa shape index (κ3) is 15.4. The van der Waals surface area contributed by atoms with Gasteiger partial charge in [-0.2, -0.15) is 11.8 Å². The van der Waals surface area contributed by atoms with Crippen molar-refractivity contribution in [2.75, 3.05) is 18.1 Å². The number of carboxylic acids is 1. The standard InChI is InChI=1S/C23H38N2O5S/c1-16(2)8-6-9-17(3)10-7-11-18(4)12-13-31-15-21(23(29)30)25-22(28)20(14-26)24-19(5)27/h8,10,12,20-21,26H,6-7,9,11,13-15H2,1-5H3,(H,24,27)(H,25,28)(H,29,30)/t20-,21-/m0/s1. The van der Waals surface area contributed by atoms with Crippen LogP contribution in [0.4, 0.5) is 0 Å². The van der Waals surface area contributed by atoms with Gasteiger partial charge >= 0.3 is 5.97 Å². The first-order valence-electron chi connectivity index (χ1n) is 10.5. The van der Waals surface area contributed by atoms with Crippen molar-refractivity contribution in [1.29, 1.82) is 0 Å². The fraction of sp³-hybridized carbons (Fsp3) is 0.609. The summed E-state index contributed by atoms with van der Waals surface area (Å²) in [6, 6.07) is -2.26. The van der Waals surface area contributed by atoms with Crippen LogP contribution in [0.3, 0.4) is 0 Å². The second-order valence-electron chi connectivity index (χ2n) is 7.83. The zero-order valence-corrected chi connectivity index (χ0v) is 20.2. The van der Waals surface area contributed by atoms with Crippen molar-refractivity contribution in [3.8, 4) is 0 Å². The molecule has 31 heavy (non-hydrogen) atoms. The summed E-state index contributed by atoms with van der Waals surface area (Å²) in [5, 5.41) is 23.2. The van der Waals surface area contributed by atoms with Gasteiger partial charge in [-0.1, -0.05) is 34.9 Å². The molecule has 0 spiro atoms. The van der Waals surface area contributed by atoms with Gasteiger partial charge in [0.1, 0.15) is 12.1 Å². The van der Waals surface area contributed by atoms with Crippen LogP contribution >= 0.6 is 11.8 Å². The molecule has 0 fully saturated rings. The van der Waals surface area contributed by atoms with Gasteiger partial charge in [0, 0.05) is 18.4 Å². The Hall–Kier alpha value is -2.06. The molecular formula is C23H38N2O5S. The van der Waals surface area contributed by atoms with Crippen molar-refractivity contribution in [3.05, 3.63) is 34.9 Å². The summed E-state index contributed by atoms with van der Waals surface area (Å²) in [5.74, 6) is -1.52. The Balaban J connectivity index is 4.40. The molecule has 8 heteroatoms.